The molecule has 1 aliphatic rings. The van der Waals surface area contributed by atoms with E-state index in [-0.39, 0.29) is 19.1 Å². The van der Waals surface area contributed by atoms with E-state index in [1.807, 2.05) is 41.8 Å². The van der Waals surface area contributed by atoms with Crippen molar-refractivity contribution in [1.29, 1.82) is 0 Å². The van der Waals surface area contributed by atoms with Crippen LogP contribution in [-0.4, -0.2) is 40.2 Å². The van der Waals surface area contributed by atoms with Gasteiger partial charge in [-0.15, -0.1) is 11.3 Å². The summed E-state index contributed by atoms with van der Waals surface area (Å²) in [5.41, 5.74) is 3.19. The average molecular weight is 367 g/mol. The Morgan fingerprint density at radius 3 is 2.92 bits per heavy atom. The molecule has 1 amide bonds. The molecule has 0 spiro atoms. The van der Waals surface area contributed by atoms with Gasteiger partial charge in [0.2, 0.25) is 0 Å². The molecule has 0 aliphatic carbocycles. The number of ether oxygens (including phenoxy) is 1. The SMILES string of the molecule is CC1Oc2ccc(-c3csc(-c4ccccn4)n3)cc2N(CCO)C1=O. The summed E-state index contributed by atoms with van der Waals surface area (Å²) in [5.74, 6) is 0.477. The van der Waals surface area contributed by atoms with Crippen molar-refractivity contribution < 1.29 is 14.6 Å². The second-order valence-corrected chi connectivity index (χ2v) is 6.77. The number of aliphatic hydroxyl groups excluding tert-OH is 1. The number of rotatable bonds is 4. The van der Waals surface area contributed by atoms with Crippen molar-refractivity contribution in [3.8, 4) is 27.7 Å². The highest BCUT2D eigenvalue weighted by molar-refractivity contribution is 7.13. The fraction of sp³-hybridized carbons (Fsp3) is 0.211. The first kappa shape index (κ1) is 16.7. The van der Waals surface area contributed by atoms with Crippen molar-refractivity contribution in [2.24, 2.45) is 0 Å². The molecule has 1 aromatic carbocycles. The average Bonchev–Trinajstić information content (AvgIpc) is 3.16. The van der Waals surface area contributed by atoms with Gasteiger partial charge in [-0.3, -0.25) is 9.78 Å². The summed E-state index contributed by atoms with van der Waals surface area (Å²) in [5, 5.41) is 12.1. The maximum absolute atomic E-state index is 12.4. The zero-order chi connectivity index (χ0) is 18.1. The topological polar surface area (TPSA) is 75.6 Å². The van der Waals surface area contributed by atoms with Crippen molar-refractivity contribution in [3.63, 3.8) is 0 Å². The van der Waals surface area contributed by atoms with Crippen LogP contribution in [0.25, 0.3) is 22.0 Å². The Hall–Kier alpha value is -2.77. The summed E-state index contributed by atoms with van der Waals surface area (Å²) in [6.45, 7) is 1.84. The van der Waals surface area contributed by atoms with E-state index in [2.05, 4.69) is 9.97 Å². The minimum absolute atomic E-state index is 0.108. The zero-order valence-corrected chi connectivity index (χ0v) is 14.9. The van der Waals surface area contributed by atoms with Gasteiger partial charge in [0.05, 0.1) is 23.7 Å². The third-order valence-electron chi connectivity index (χ3n) is 4.17. The Labute approximate surface area is 154 Å². The maximum Gasteiger partial charge on any atom is 0.267 e. The van der Waals surface area contributed by atoms with E-state index in [1.54, 1.807) is 18.0 Å². The fourth-order valence-corrected chi connectivity index (χ4v) is 3.71. The van der Waals surface area contributed by atoms with E-state index in [1.165, 1.54) is 11.3 Å². The van der Waals surface area contributed by atoms with E-state index in [4.69, 9.17) is 4.74 Å². The van der Waals surface area contributed by atoms with Gasteiger partial charge in [-0.1, -0.05) is 6.07 Å². The molecule has 3 heterocycles. The number of carbonyl (C=O) groups excluding carboxylic acids is 1. The number of hydrogen-bond donors (Lipinski definition) is 1. The number of nitrogens with zero attached hydrogens (tertiary/aromatic N) is 3. The molecule has 0 saturated carbocycles. The lowest BCUT2D eigenvalue weighted by Crippen LogP contribution is -2.45. The summed E-state index contributed by atoms with van der Waals surface area (Å²) in [7, 11) is 0. The van der Waals surface area contributed by atoms with Crippen LogP contribution in [0.15, 0.2) is 48.0 Å². The lowest BCUT2D eigenvalue weighted by Gasteiger charge is -2.32. The van der Waals surface area contributed by atoms with Gasteiger partial charge in [0.1, 0.15) is 10.8 Å². The molecule has 1 atom stereocenters. The summed E-state index contributed by atoms with van der Waals surface area (Å²) >= 11 is 1.52. The van der Waals surface area contributed by atoms with Crippen LogP contribution in [-0.2, 0) is 4.79 Å². The summed E-state index contributed by atoms with van der Waals surface area (Å²) in [4.78, 5) is 22.9. The Morgan fingerprint density at radius 2 is 2.15 bits per heavy atom. The molecule has 0 radical (unpaired) electrons. The van der Waals surface area contributed by atoms with Gasteiger partial charge in [-0.05, 0) is 37.3 Å². The predicted molar refractivity (Wildman–Crippen MR) is 100 cm³/mol. The zero-order valence-electron chi connectivity index (χ0n) is 14.1. The number of anilines is 1. The lowest BCUT2D eigenvalue weighted by atomic mass is 10.1. The standard InChI is InChI=1S/C19H17N3O3S/c1-12-19(24)22(8-9-23)16-10-13(5-6-17(16)25-12)15-11-26-18(21-15)14-4-2-3-7-20-14/h2-7,10-12,23H,8-9H2,1H3. The minimum Gasteiger partial charge on any atom is -0.479 e. The van der Waals surface area contributed by atoms with Gasteiger partial charge < -0.3 is 14.7 Å². The number of hydrogen-bond acceptors (Lipinski definition) is 6. The Bertz CT molecular complexity index is 942. The number of benzene rings is 1. The summed E-state index contributed by atoms with van der Waals surface area (Å²) in [6.07, 6.45) is 1.18. The van der Waals surface area contributed by atoms with Crippen molar-refractivity contribution in [2.45, 2.75) is 13.0 Å². The molecule has 2 aromatic heterocycles. The first-order chi connectivity index (χ1) is 12.7. The normalized spacial score (nSPS) is 16.3. The molecular formula is C19H17N3O3S. The van der Waals surface area contributed by atoms with Crippen LogP contribution in [0.1, 0.15) is 6.92 Å². The van der Waals surface area contributed by atoms with Gasteiger partial charge in [-0.2, -0.15) is 0 Å². The molecule has 132 valence electrons. The van der Waals surface area contributed by atoms with Crippen molar-refractivity contribution in [1.82, 2.24) is 9.97 Å². The van der Waals surface area contributed by atoms with Crippen LogP contribution in [0.5, 0.6) is 5.75 Å². The molecule has 1 unspecified atom stereocenters. The molecule has 0 bridgehead atoms. The van der Waals surface area contributed by atoms with Crippen LogP contribution in [0.2, 0.25) is 0 Å². The molecule has 1 N–H and O–H groups in total. The van der Waals surface area contributed by atoms with Crippen LogP contribution < -0.4 is 9.64 Å². The Balaban J connectivity index is 1.71. The highest BCUT2D eigenvalue weighted by Crippen LogP contribution is 2.38. The van der Waals surface area contributed by atoms with Crippen LogP contribution in [0, 0.1) is 0 Å². The third kappa shape index (κ3) is 2.95. The van der Waals surface area contributed by atoms with Gasteiger partial charge >= 0.3 is 0 Å². The monoisotopic (exact) mass is 367 g/mol. The molecular weight excluding hydrogens is 350 g/mol. The summed E-state index contributed by atoms with van der Waals surface area (Å²) in [6, 6.07) is 11.4. The first-order valence-corrected chi connectivity index (χ1v) is 9.15. The van der Waals surface area contributed by atoms with E-state index < -0.39 is 6.10 Å². The van der Waals surface area contributed by atoms with Crippen LogP contribution in [0.3, 0.4) is 0 Å². The van der Waals surface area contributed by atoms with Crippen molar-refractivity contribution in [2.75, 3.05) is 18.1 Å². The highest BCUT2D eigenvalue weighted by atomic mass is 32.1. The predicted octanol–water partition coefficient (Wildman–Crippen LogP) is 2.98. The Kier molecular flexibility index (Phi) is 4.40. The van der Waals surface area contributed by atoms with Crippen molar-refractivity contribution in [3.05, 3.63) is 48.0 Å². The third-order valence-corrected chi connectivity index (χ3v) is 5.04. The maximum atomic E-state index is 12.4. The smallest absolute Gasteiger partial charge is 0.267 e. The molecule has 6 nitrogen and oxygen atoms in total. The highest BCUT2D eigenvalue weighted by Gasteiger charge is 2.31. The van der Waals surface area contributed by atoms with Crippen LogP contribution >= 0.6 is 11.3 Å². The van der Waals surface area contributed by atoms with E-state index in [9.17, 15) is 9.90 Å². The lowest BCUT2D eigenvalue weighted by molar-refractivity contribution is -0.125. The summed E-state index contributed by atoms with van der Waals surface area (Å²) < 4.78 is 5.69. The van der Waals surface area contributed by atoms with Crippen LogP contribution in [0.4, 0.5) is 5.69 Å². The minimum atomic E-state index is -0.560. The van der Waals surface area contributed by atoms with Crippen molar-refractivity contribution >= 4 is 22.9 Å². The molecule has 7 heteroatoms. The molecule has 0 fully saturated rings. The second kappa shape index (κ2) is 6.86. The second-order valence-electron chi connectivity index (χ2n) is 5.91. The fourth-order valence-electron chi connectivity index (χ4n) is 2.91. The number of amides is 1. The number of thiazole rings is 1. The first-order valence-electron chi connectivity index (χ1n) is 8.27. The number of carbonyl (C=O) groups is 1. The number of aliphatic hydroxyl groups is 1. The van der Waals surface area contributed by atoms with E-state index in [0.29, 0.717) is 11.4 Å². The van der Waals surface area contributed by atoms with Gasteiger partial charge in [0, 0.05) is 23.7 Å². The van der Waals surface area contributed by atoms with E-state index >= 15 is 0 Å². The molecule has 0 saturated heterocycles. The number of pyridine rings is 1. The van der Waals surface area contributed by atoms with Gasteiger partial charge in [-0.25, -0.2) is 4.98 Å². The molecule has 4 rings (SSSR count). The number of aromatic nitrogens is 2. The largest absolute Gasteiger partial charge is 0.479 e. The van der Waals surface area contributed by atoms with Gasteiger partial charge in [0.25, 0.3) is 5.91 Å². The molecule has 3 aromatic rings. The van der Waals surface area contributed by atoms with E-state index in [0.717, 1.165) is 22.0 Å². The Morgan fingerprint density at radius 1 is 1.27 bits per heavy atom. The van der Waals surface area contributed by atoms with Gasteiger partial charge in [0.15, 0.2) is 6.10 Å². The number of fused-ring (bicyclic) bond motifs is 1. The number of β-amino-alcohol motifs (C(OH)–C–C–N with tert-alkyl or cyclic N) is 1. The quantitative estimate of drug-likeness (QED) is 0.767. The molecule has 1 aliphatic heterocycles. The molecule has 26 heavy (non-hydrogen) atoms.